The quantitative estimate of drug-likeness (QED) is 0.348. The van der Waals surface area contributed by atoms with E-state index in [-0.39, 0.29) is 6.10 Å². The van der Waals surface area contributed by atoms with Crippen LogP contribution in [-0.2, 0) is 28.4 Å². The Hall–Kier alpha value is -3.40. The maximum absolute atomic E-state index is 11.5. The second kappa shape index (κ2) is 11.1. The summed E-state index contributed by atoms with van der Waals surface area (Å²) in [5.74, 6) is 0.885. The van der Waals surface area contributed by atoms with Crippen LogP contribution in [0.4, 0.5) is 0 Å². The van der Waals surface area contributed by atoms with Crippen molar-refractivity contribution in [3.8, 4) is 11.5 Å². The van der Waals surface area contributed by atoms with Crippen LogP contribution in [-0.4, -0.2) is 56.3 Å². The van der Waals surface area contributed by atoms with E-state index in [0.29, 0.717) is 35.3 Å². The first-order chi connectivity index (χ1) is 19.7. The van der Waals surface area contributed by atoms with Crippen molar-refractivity contribution in [2.75, 3.05) is 19.7 Å². The van der Waals surface area contributed by atoms with Gasteiger partial charge in [0.1, 0.15) is 11.5 Å². The van der Waals surface area contributed by atoms with E-state index >= 15 is 0 Å². The molecule has 2 fully saturated rings. The third-order valence-electron chi connectivity index (χ3n) is 8.34. The Balaban J connectivity index is 1.16. The molecule has 6 rings (SSSR count). The van der Waals surface area contributed by atoms with Crippen molar-refractivity contribution in [2.45, 2.75) is 70.9 Å². The molecule has 0 aliphatic carbocycles. The number of para-hydroxylation sites is 1. The highest BCUT2D eigenvalue weighted by Crippen LogP contribution is 2.49. The number of pyridine rings is 1. The van der Waals surface area contributed by atoms with E-state index in [0.717, 1.165) is 73.2 Å². The number of nitrogens with zero attached hydrogens (tertiary/aromatic N) is 4. The number of aromatic nitrogens is 3. The maximum atomic E-state index is 11.5. The van der Waals surface area contributed by atoms with Gasteiger partial charge >= 0.3 is 5.97 Å². The van der Waals surface area contributed by atoms with Crippen LogP contribution in [0.3, 0.4) is 0 Å². The fourth-order valence-electron chi connectivity index (χ4n) is 5.87. The van der Waals surface area contributed by atoms with Crippen LogP contribution in [0.25, 0.3) is 6.08 Å². The van der Waals surface area contributed by atoms with Crippen molar-refractivity contribution < 1.29 is 24.1 Å². The van der Waals surface area contributed by atoms with Gasteiger partial charge in [0.25, 0.3) is 5.79 Å². The Morgan fingerprint density at radius 3 is 2.63 bits per heavy atom. The van der Waals surface area contributed by atoms with Gasteiger partial charge < -0.3 is 23.9 Å². The second-order valence-corrected chi connectivity index (χ2v) is 11.7. The SMILES string of the molecule is C/C(=C\c1c(C)nc(CN2CCC(c3cccc4c3O[C@@](C)(c3ccc(Cl)cn3)O4)CC2)n1C[C@@H]1CCO1)C(=O)O. The van der Waals surface area contributed by atoms with Crippen molar-refractivity contribution in [2.24, 2.45) is 0 Å². The molecular weight excluding hydrogens is 544 g/mol. The number of hydrogen-bond donors (Lipinski definition) is 1. The van der Waals surface area contributed by atoms with E-state index in [9.17, 15) is 9.90 Å². The minimum absolute atomic E-state index is 0.140. The monoisotopic (exact) mass is 578 g/mol. The van der Waals surface area contributed by atoms with Crippen LogP contribution in [0.2, 0.25) is 5.02 Å². The van der Waals surface area contributed by atoms with E-state index in [1.807, 2.05) is 32.0 Å². The molecule has 10 heteroatoms. The average molecular weight is 579 g/mol. The predicted octanol–water partition coefficient (Wildman–Crippen LogP) is 5.54. The summed E-state index contributed by atoms with van der Waals surface area (Å²) in [6.45, 7) is 9.43. The molecule has 1 N–H and O–H groups in total. The molecule has 5 heterocycles. The third kappa shape index (κ3) is 5.58. The van der Waals surface area contributed by atoms with Gasteiger partial charge in [-0.1, -0.05) is 23.7 Å². The summed E-state index contributed by atoms with van der Waals surface area (Å²) in [6.07, 6.45) is 6.43. The summed E-state index contributed by atoms with van der Waals surface area (Å²) >= 11 is 6.04. The molecule has 3 aromatic rings. The zero-order valence-electron chi connectivity index (χ0n) is 23.6. The molecule has 0 radical (unpaired) electrons. The number of aliphatic carboxylic acids is 1. The molecule has 3 aliphatic heterocycles. The first kappa shape index (κ1) is 27.8. The molecule has 2 aromatic heterocycles. The standard InChI is InChI=1S/C31H35ClN4O5/c1-19(30(37)38)15-25-20(2)34-28(36(25)17-23-11-14-39-23)18-35-12-9-21(10-13-35)24-5-4-6-26-29(24)41-31(3,40-26)27-8-7-22(32)16-33-27/h4-8,15-16,21,23H,9-14,17-18H2,1-3H3,(H,37,38)/b19-15+/t23-,31-/m0/s1. The molecule has 0 saturated carbocycles. The molecule has 9 nitrogen and oxygen atoms in total. The fourth-order valence-corrected chi connectivity index (χ4v) is 5.98. The molecule has 0 unspecified atom stereocenters. The highest BCUT2D eigenvalue weighted by Gasteiger charge is 2.42. The summed E-state index contributed by atoms with van der Waals surface area (Å²) in [5.41, 5.74) is 3.81. The minimum atomic E-state index is -1.01. The molecule has 0 amide bonds. The molecular formula is C31H35ClN4O5. The van der Waals surface area contributed by atoms with Gasteiger partial charge in [0.15, 0.2) is 11.5 Å². The van der Waals surface area contributed by atoms with Crippen LogP contribution in [0, 0.1) is 6.92 Å². The van der Waals surface area contributed by atoms with E-state index in [1.165, 1.54) is 0 Å². The summed E-state index contributed by atoms with van der Waals surface area (Å²) in [4.78, 5) is 23.3. The number of imidazole rings is 1. The number of aryl methyl sites for hydroxylation is 1. The lowest BCUT2D eigenvalue weighted by Crippen LogP contribution is -2.35. The maximum Gasteiger partial charge on any atom is 0.331 e. The molecule has 2 saturated heterocycles. The number of carboxylic acids is 1. The molecule has 0 bridgehead atoms. The zero-order valence-corrected chi connectivity index (χ0v) is 24.4. The summed E-state index contributed by atoms with van der Waals surface area (Å²) in [7, 11) is 0. The van der Waals surface area contributed by atoms with Gasteiger partial charge in [-0.05, 0) is 76.4 Å². The normalized spacial score (nSPS) is 23.0. The Morgan fingerprint density at radius 1 is 1.20 bits per heavy atom. The molecule has 1 aromatic carbocycles. The van der Waals surface area contributed by atoms with Crippen LogP contribution in [0.5, 0.6) is 11.5 Å². The second-order valence-electron chi connectivity index (χ2n) is 11.3. The number of hydrogen-bond acceptors (Lipinski definition) is 7. The number of halogens is 1. The van der Waals surface area contributed by atoms with E-state index in [4.69, 9.17) is 30.8 Å². The molecule has 2 atom stereocenters. The van der Waals surface area contributed by atoms with Crippen molar-refractivity contribution in [3.05, 3.63) is 75.6 Å². The smallest absolute Gasteiger partial charge is 0.331 e. The Kier molecular flexibility index (Phi) is 7.52. The zero-order chi connectivity index (χ0) is 28.7. The fraction of sp³-hybridized carbons (Fsp3) is 0.452. The Bertz CT molecular complexity index is 1470. The van der Waals surface area contributed by atoms with Gasteiger partial charge in [-0.15, -0.1) is 0 Å². The average Bonchev–Trinajstić information content (AvgIpc) is 3.42. The number of likely N-dealkylation sites (tertiary alicyclic amines) is 1. The molecule has 216 valence electrons. The lowest BCUT2D eigenvalue weighted by Gasteiger charge is -2.33. The van der Waals surface area contributed by atoms with Crippen molar-refractivity contribution in [1.29, 1.82) is 0 Å². The predicted molar refractivity (Wildman–Crippen MR) is 154 cm³/mol. The van der Waals surface area contributed by atoms with Gasteiger partial charge in [-0.25, -0.2) is 9.78 Å². The van der Waals surface area contributed by atoms with Gasteiger partial charge in [0.2, 0.25) is 0 Å². The number of ether oxygens (including phenoxy) is 3. The van der Waals surface area contributed by atoms with E-state index in [1.54, 1.807) is 25.3 Å². The number of benzene rings is 1. The molecule has 3 aliphatic rings. The number of piperidine rings is 1. The first-order valence-corrected chi connectivity index (χ1v) is 14.5. The number of fused-ring (bicyclic) bond motifs is 1. The number of carbonyl (C=O) groups is 1. The number of rotatable bonds is 8. The third-order valence-corrected chi connectivity index (χ3v) is 8.56. The molecule has 0 spiro atoms. The largest absolute Gasteiger partial charge is 0.478 e. The Morgan fingerprint density at radius 2 is 1.98 bits per heavy atom. The summed E-state index contributed by atoms with van der Waals surface area (Å²) in [5, 5.41) is 10.0. The van der Waals surface area contributed by atoms with Crippen LogP contribution < -0.4 is 9.47 Å². The van der Waals surface area contributed by atoms with E-state index < -0.39 is 11.8 Å². The van der Waals surface area contributed by atoms with E-state index in [2.05, 4.69) is 20.5 Å². The van der Waals surface area contributed by atoms with Crippen molar-refractivity contribution in [1.82, 2.24) is 19.4 Å². The highest BCUT2D eigenvalue weighted by molar-refractivity contribution is 6.30. The van der Waals surface area contributed by atoms with Crippen LogP contribution in [0.15, 0.2) is 42.1 Å². The van der Waals surface area contributed by atoms with Crippen LogP contribution in [0.1, 0.15) is 67.5 Å². The first-order valence-electron chi connectivity index (χ1n) is 14.1. The number of carboxylic acid groups (broad SMARTS) is 1. The topological polar surface area (TPSA) is 98.9 Å². The van der Waals surface area contributed by atoms with Gasteiger partial charge in [0, 0.05) is 30.9 Å². The van der Waals surface area contributed by atoms with Crippen molar-refractivity contribution in [3.63, 3.8) is 0 Å². The van der Waals surface area contributed by atoms with Crippen molar-refractivity contribution >= 4 is 23.6 Å². The molecule has 41 heavy (non-hydrogen) atoms. The van der Waals surface area contributed by atoms with Gasteiger partial charge in [-0.2, -0.15) is 0 Å². The van der Waals surface area contributed by atoms with Crippen LogP contribution >= 0.6 is 11.6 Å². The summed E-state index contributed by atoms with van der Waals surface area (Å²) < 4.78 is 20.6. The minimum Gasteiger partial charge on any atom is -0.478 e. The van der Waals surface area contributed by atoms with Gasteiger partial charge in [-0.3, -0.25) is 9.88 Å². The highest BCUT2D eigenvalue weighted by atomic mass is 35.5. The van der Waals surface area contributed by atoms with Gasteiger partial charge in [0.05, 0.1) is 35.6 Å². The summed E-state index contributed by atoms with van der Waals surface area (Å²) in [6, 6.07) is 9.74. The lowest BCUT2D eigenvalue weighted by atomic mass is 9.88. The Labute approximate surface area is 244 Å². The lowest BCUT2D eigenvalue weighted by molar-refractivity contribution is -0.132.